The van der Waals surface area contributed by atoms with Gasteiger partial charge in [-0.1, -0.05) is 121 Å². The lowest BCUT2D eigenvalue weighted by atomic mass is 9.85. The second kappa shape index (κ2) is 22.1. The topological polar surface area (TPSA) is 103 Å². The largest absolute Gasteiger partial charge is 0.404 e. The number of nitrogens with zero attached hydrogens (tertiary/aromatic N) is 7. The van der Waals surface area contributed by atoms with Crippen LogP contribution in [-0.2, 0) is 39.3 Å². The van der Waals surface area contributed by atoms with Gasteiger partial charge < -0.3 is 14.7 Å². The first-order valence-electron chi connectivity index (χ1n) is 23.8. The van der Waals surface area contributed by atoms with Gasteiger partial charge in [0.2, 0.25) is 0 Å². The zero-order valence-corrected chi connectivity index (χ0v) is 40.7. The summed E-state index contributed by atoms with van der Waals surface area (Å²) in [5.41, 5.74) is 24.3. The van der Waals surface area contributed by atoms with Gasteiger partial charge in [0.25, 0.3) is 0 Å². The Morgan fingerprint density at radius 2 is 1.69 bits per heavy atom. The molecule has 8 nitrogen and oxygen atoms in total. The maximum atomic E-state index is 9.19. The first kappa shape index (κ1) is 48.3. The van der Waals surface area contributed by atoms with Gasteiger partial charge in [-0.2, -0.15) is 10.4 Å². The lowest BCUT2D eigenvalue weighted by Crippen LogP contribution is -2.12. The number of imidazole rings is 2. The standard InChI is InChI=1S/C33H44N2.C24H28N6/c1-22(2)29-15-13-27(19-25(29)7)14-16-30-31(20-26-11-9-8-10-12-26)35-18-17-28(21-32(35)34-30)33(23(3)4)24(5)6;1-5-18(13-25)10-11-30-22(12-17(2)3)28-23(21-15-27-29(4)16-21)24(30)20-8-6-19(14-26)7-9-20/h13,15,17-19,21-22,26H,3,8-12,14,16,20H2,1-2,4-7H3;5-9,13,15-17H,1,10-12,25H2,2-4H3/b;18-13+. The van der Waals surface area contributed by atoms with E-state index in [9.17, 15) is 5.26 Å². The summed E-state index contributed by atoms with van der Waals surface area (Å²) in [4.78, 5) is 10.3. The van der Waals surface area contributed by atoms with E-state index in [0.29, 0.717) is 17.4 Å². The van der Waals surface area contributed by atoms with Crippen molar-refractivity contribution in [2.75, 3.05) is 0 Å². The average Bonchev–Trinajstić information content (AvgIpc) is 3.97. The highest BCUT2D eigenvalue weighted by Crippen LogP contribution is 2.35. The zero-order chi connectivity index (χ0) is 46.8. The Balaban J connectivity index is 0.000000218. The number of rotatable bonds is 16. The van der Waals surface area contributed by atoms with Crippen LogP contribution in [0.15, 0.2) is 115 Å². The van der Waals surface area contributed by atoms with Crippen molar-refractivity contribution in [1.82, 2.24) is 28.7 Å². The van der Waals surface area contributed by atoms with Crippen LogP contribution in [0.1, 0.15) is 138 Å². The minimum atomic E-state index is 0.464. The highest BCUT2D eigenvalue weighted by molar-refractivity contribution is 5.81. The molecule has 1 fully saturated rings. The maximum absolute atomic E-state index is 9.19. The van der Waals surface area contributed by atoms with Crippen molar-refractivity contribution in [3.8, 4) is 28.6 Å². The van der Waals surface area contributed by atoms with Gasteiger partial charge in [0.15, 0.2) is 0 Å². The number of nitrogens with two attached hydrogens (primary N) is 1. The van der Waals surface area contributed by atoms with Crippen LogP contribution in [0, 0.1) is 30.1 Å². The van der Waals surface area contributed by atoms with Gasteiger partial charge in [-0.25, -0.2) is 9.97 Å². The van der Waals surface area contributed by atoms with Gasteiger partial charge in [0, 0.05) is 49.2 Å². The molecule has 7 rings (SSSR count). The second-order valence-corrected chi connectivity index (χ2v) is 19.1. The lowest BCUT2D eigenvalue weighted by molar-refractivity contribution is 0.353. The predicted molar refractivity (Wildman–Crippen MR) is 271 cm³/mol. The Morgan fingerprint density at radius 1 is 0.954 bits per heavy atom. The lowest BCUT2D eigenvalue weighted by Gasteiger charge is -2.22. The van der Waals surface area contributed by atoms with Gasteiger partial charge in [0.1, 0.15) is 11.5 Å². The normalized spacial score (nSPS) is 13.2. The monoisotopic (exact) mass is 869 g/mol. The molecule has 1 aliphatic carbocycles. The molecule has 0 amide bonds. The average molecular weight is 869 g/mol. The van der Waals surface area contributed by atoms with E-state index in [1.807, 2.05) is 43.7 Å². The number of aryl methyl sites for hydroxylation is 4. The van der Waals surface area contributed by atoms with E-state index >= 15 is 0 Å². The van der Waals surface area contributed by atoms with E-state index in [1.54, 1.807) is 17.0 Å². The highest BCUT2D eigenvalue weighted by Gasteiger charge is 2.23. The summed E-state index contributed by atoms with van der Waals surface area (Å²) in [5.74, 6) is 2.86. The first-order valence-corrected chi connectivity index (χ1v) is 23.8. The summed E-state index contributed by atoms with van der Waals surface area (Å²) in [5, 5.41) is 13.5. The third-order valence-electron chi connectivity index (χ3n) is 12.8. The van der Waals surface area contributed by atoms with Gasteiger partial charge in [0.05, 0.1) is 34.9 Å². The summed E-state index contributed by atoms with van der Waals surface area (Å²) in [6, 6.07) is 21.4. The van der Waals surface area contributed by atoms with E-state index in [4.69, 9.17) is 15.7 Å². The molecule has 0 saturated heterocycles. The second-order valence-electron chi connectivity index (χ2n) is 19.1. The van der Waals surface area contributed by atoms with Gasteiger partial charge in [-0.05, 0) is 135 Å². The molecule has 4 aromatic heterocycles. The Kier molecular flexibility index (Phi) is 16.4. The Morgan fingerprint density at radius 3 is 2.28 bits per heavy atom. The molecule has 0 bridgehead atoms. The van der Waals surface area contributed by atoms with E-state index in [0.717, 1.165) is 89.7 Å². The Bertz CT molecular complexity index is 2690. The quantitative estimate of drug-likeness (QED) is 0.0976. The molecule has 8 heteroatoms. The number of pyridine rings is 1. The molecule has 4 heterocycles. The molecule has 0 atom stereocenters. The van der Waals surface area contributed by atoms with Gasteiger partial charge in [-0.15, -0.1) is 0 Å². The fraction of sp³-hybridized carbons (Fsp3) is 0.404. The molecular weight excluding hydrogens is 797 g/mol. The molecule has 1 aliphatic rings. The minimum Gasteiger partial charge on any atom is -0.404 e. The van der Waals surface area contributed by atoms with E-state index in [2.05, 4.69) is 125 Å². The van der Waals surface area contributed by atoms with Crippen LogP contribution >= 0.6 is 0 Å². The third kappa shape index (κ3) is 11.9. The predicted octanol–water partition coefficient (Wildman–Crippen LogP) is 13.5. The molecule has 6 aromatic rings. The van der Waals surface area contributed by atoms with Crippen LogP contribution in [0.5, 0.6) is 0 Å². The summed E-state index contributed by atoms with van der Waals surface area (Å²) in [7, 11) is 1.90. The maximum Gasteiger partial charge on any atom is 0.137 e. The molecule has 1 saturated carbocycles. The summed E-state index contributed by atoms with van der Waals surface area (Å²) in [6.07, 6.45) is 21.2. The molecule has 2 N–H and O–H groups in total. The van der Waals surface area contributed by atoms with Crippen molar-refractivity contribution >= 4 is 11.2 Å². The first-order chi connectivity index (χ1) is 31.2. The number of allylic oxidation sites excluding steroid dienone is 5. The van der Waals surface area contributed by atoms with Crippen molar-refractivity contribution in [3.63, 3.8) is 0 Å². The fourth-order valence-electron chi connectivity index (χ4n) is 9.64. The van der Waals surface area contributed by atoms with Crippen molar-refractivity contribution < 1.29 is 0 Å². The SMILES string of the molecule is C=C(C)C(=C(C)C)c1ccn2c(CC3CCCCC3)c(CCc3ccc(C(C)C)c(C)c3)nc2c1.C=C/C(=C\N)CCn1c(CC(C)C)nc(-c2cnn(C)c2)c1-c1ccc(C#N)cc1. The Hall–Kier alpha value is -6.20. The van der Waals surface area contributed by atoms with Crippen molar-refractivity contribution in [3.05, 3.63) is 160 Å². The van der Waals surface area contributed by atoms with Crippen LogP contribution < -0.4 is 5.73 Å². The van der Waals surface area contributed by atoms with E-state index in [1.165, 1.54) is 76.9 Å². The number of benzene rings is 2. The summed E-state index contributed by atoms with van der Waals surface area (Å²) in [6.45, 7) is 26.5. The number of fused-ring (bicyclic) bond motifs is 1. The molecule has 340 valence electrons. The number of aromatic nitrogens is 6. The van der Waals surface area contributed by atoms with E-state index in [-0.39, 0.29) is 0 Å². The smallest absolute Gasteiger partial charge is 0.137 e. The molecule has 0 unspecified atom stereocenters. The molecule has 0 aliphatic heterocycles. The number of hydrogen-bond donors (Lipinski definition) is 1. The molecular formula is C57H72N8. The minimum absolute atomic E-state index is 0.464. The van der Waals surface area contributed by atoms with E-state index < -0.39 is 0 Å². The Labute approximate surface area is 389 Å². The van der Waals surface area contributed by atoms with Crippen LogP contribution in [-0.4, -0.2) is 28.7 Å². The highest BCUT2D eigenvalue weighted by atomic mass is 15.2. The van der Waals surface area contributed by atoms with Crippen molar-refractivity contribution in [2.24, 2.45) is 24.6 Å². The fourth-order valence-corrected chi connectivity index (χ4v) is 9.64. The number of hydrogen-bond acceptors (Lipinski definition) is 5. The number of nitriles is 1. The zero-order valence-electron chi connectivity index (χ0n) is 40.7. The third-order valence-corrected chi connectivity index (χ3v) is 12.8. The van der Waals surface area contributed by atoms with Crippen molar-refractivity contribution in [1.29, 1.82) is 5.26 Å². The molecule has 65 heavy (non-hydrogen) atoms. The summed E-state index contributed by atoms with van der Waals surface area (Å²) < 4.78 is 6.43. The van der Waals surface area contributed by atoms with Crippen LogP contribution in [0.25, 0.3) is 33.7 Å². The van der Waals surface area contributed by atoms with Crippen LogP contribution in [0.3, 0.4) is 0 Å². The van der Waals surface area contributed by atoms with Gasteiger partial charge in [-0.3, -0.25) is 4.68 Å². The van der Waals surface area contributed by atoms with Crippen LogP contribution in [0.2, 0.25) is 0 Å². The van der Waals surface area contributed by atoms with Crippen LogP contribution in [0.4, 0.5) is 0 Å². The van der Waals surface area contributed by atoms with Crippen molar-refractivity contribution in [2.45, 2.75) is 132 Å². The molecule has 0 radical (unpaired) electrons. The summed E-state index contributed by atoms with van der Waals surface area (Å²) >= 11 is 0. The molecule has 0 spiro atoms. The molecule has 2 aromatic carbocycles. The van der Waals surface area contributed by atoms with Gasteiger partial charge >= 0.3 is 0 Å².